The number of ether oxygens (including phenoxy) is 1. The quantitative estimate of drug-likeness (QED) is 0.319. The van der Waals surface area contributed by atoms with E-state index in [0.717, 1.165) is 18.4 Å². The molecule has 152 valence electrons. The van der Waals surface area contributed by atoms with Gasteiger partial charge in [-0.1, -0.05) is 34.9 Å². The summed E-state index contributed by atoms with van der Waals surface area (Å²) in [4.78, 5) is 23.2. The van der Waals surface area contributed by atoms with Crippen molar-refractivity contribution < 1.29 is 19.4 Å². The van der Waals surface area contributed by atoms with Gasteiger partial charge in [-0.25, -0.2) is 4.79 Å². The highest BCUT2D eigenvalue weighted by Crippen LogP contribution is 2.29. The van der Waals surface area contributed by atoms with Crippen LogP contribution in [0.3, 0.4) is 0 Å². The Balaban J connectivity index is 3.28. The van der Waals surface area contributed by atoms with Gasteiger partial charge in [0.15, 0.2) is 0 Å². The van der Waals surface area contributed by atoms with Crippen LogP contribution in [0, 0.1) is 0 Å². The van der Waals surface area contributed by atoms with Crippen LogP contribution in [0.1, 0.15) is 75.9 Å². The fourth-order valence-corrected chi connectivity index (χ4v) is 2.74. The maximum absolute atomic E-state index is 11.6. The Labute approximate surface area is 168 Å². The molecule has 0 aromatic heterocycles. The Bertz CT molecular complexity index is 802. The fraction of sp³-hybridized carbons (Fsp3) is 0.417. The van der Waals surface area contributed by atoms with Crippen molar-refractivity contribution in [2.24, 2.45) is 0 Å². The number of aromatic carboxylic acids is 1. The molecule has 1 aromatic carbocycles. The average molecular weight is 385 g/mol. The lowest BCUT2D eigenvalue weighted by molar-refractivity contribution is -0.132. The molecular formula is C24H32O4. The molecule has 0 fully saturated rings. The van der Waals surface area contributed by atoms with Crippen LogP contribution >= 0.6 is 0 Å². The lowest BCUT2D eigenvalue weighted by atomic mass is 9.97. The van der Waals surface area contributed by atoms with Gasteiger partial charge in [-0.2, -0.15) is 0 Å². The van der Waals surface area contributed by atoms with Crippen molar-refractivity contribution >= 4 is 11.9 Å². The zero-order valence-corrected chi connectivity index (χ0v) is 17.9. The van der Waals surface area contributed by atoms with Crippen LogP contribution in [-0.2, 0) is 17.6 Å². The first kappa shape index (κ1) is 23.4. The zero-order valence-electron chi connectivity index (χ0n) is 17.9. The smallest absolute Gasteiger partial charge is 0.335 e. The van der Waals surface area contributed by atoms with Gasteiger partial charge in [-0.05, 0) is 83.6 Å². The summed E-state index contributed by atoms with van der Waals surface area (Å²) in [6.07, 6.45) is 9.23. The first-order valence-corrected chi connectivity index (χ1v) is 9.60. The number of carbonyl (C=O) groups is 2. The molecule has 0 aliphatic rings. The molecular weight excluding hydrogens is 352 g/mol. The van der Waals surface area contributed by atoms with Crippen molar-refractivity contribution in [2.45, 2.75) is 67.2 Å². The summed E-state index contributed by atoms with van der Waals surface area (Å²) in [6, 6.07) is 3.20. The molecule has 0 saturated carbocycles. The van der Waals surface area contributed by atoms with Crippen molar-refractivity contribution in [1.82, 2.24) is 0 Å². The highest BCUT2D eigenvalue weighted by atomic mass is 16.5. The predicted octanol–water partition coefficient (Wildman–Crippen LogP) is 6.05. The molecule has 0 radical (unpaired) electrons. The van der Waals surface area contributed by atoms with Crippen LogP contribution in [0.4, 0.5) is 0 Å². The Hall–Kier alpha value is -2.62. The number of carboxylic acid groups (broad SMARTS) is 1. The molecule has 0 heterocycles. The van der Waals surface area contributed by atoms with Gasteiger partial charge in [0.2, 0.25) is 0 Å². The van der Waals surface area contributed by atoms with Crippen molar-refractivity contribution in [3.8, 4) is 5.75 Å². The van der Waals surface area contributed by atoms with Crippen molar-refractivity contribution in [1.29, 1.82) is 0 Å². The molecule has 0 amide bonds. The number of carboxylic acids is 1. The van der Waals surface area contributed by atoms with Crippen LogP contribution < -0.4 is 4.74 Å². The average Bonchev–Trinajstić information content (AvgIpc) is 2.58. The summed E-state index contributed by atoms with van der Waals surface area (Å²) in [7, 11) is 0. The predicted molar refractivity (Wildman–Crippen MR) is 114 cm³/mol. The molecule has 1 N–H and O–H groups in total. The van der Waals surface area contributed by atoms with Crippen LogP contribution in [0.5, 0.6) is 5.75 Å². The van der Waals surface area contributed by atoms with Gasteiger partial charge < -0.3 is 9.84 Å². The Kier molecular flexibility index (Phi) is 9.43. The van der Waals surface area contributed by atoms with E-state index in [0.29, 0.717) is 29.7 Å². The molecule has 0 atom stereocenters. The van der Waals surface area contributed by atoms with E-state index in [1.54, 1.807) is 12.1 Å². The topological polar surface area (TPSA) is 63.6 Å². The molecule has 4 nitrogen and oxygen atoms in total. The molecule has 1 aromatic rings. The highest BCUT2D eigenvalue weighted by molar-refractivity contribution is 5.89. The van der Waals surface area contributed by atoms with Gasteiger partial charge in [-0.15, -0.1) is 0 Å². The third-order valence-corrected chi connectivity index (χ3v) is 4.23. The first-order chi connectivity index (χ1) is 13.1. The SMILES string of the molecule is CC(=O)Oc1c(CC=C(C)C)cc(C(=O)O)cc1C/C=C(\C)CCC=C(C)C. The third-order valence-electron chi connectivity index (χ3n) is 4.23. The monoisotopic (exact) mass is 384 g/mol. The number of rotatable bonds is 9. The summed E-state index contributed by atoms with van der Waals surface area (Å²) < 4.78 is 5.49. The van der Waals surface area contributed by atoms with Crippen LogP contribution in [0.25, 0.3) is 0 Å². The first-order valence-electron chi connectivity index (χ1n) is 9.60. The second-order valence-electron chi connectivity index (χ2n) is 7.58. The molecule has 0 unspecified atom stereocenters. The Morgan fingerprint density at radius 1 is 0.893 bits per heavy atom. The minimum atomic E-state index is -0.988. The second kappa shape index (κ2) is 11.3. The number of hydrogen-bond donors (Lipinski definition) is 1. The minimum Gasteiger partial charge on any atom is -0.478 e. The number of hydrogen-bond acceptors (Lipinski definition) is 3. The zero-order chi connectivity index (χ0) is 21.3. The fourth-order valence-electron chi connectivity index (χ4n) is 2.74. The van der Waals surface area contributed by atoms with E-state index < -0.39 is 11.9 Å². The maximum atomic E-state index is 11.6. The normalized spacial score (nSPS) is 11.0. The lowest BCUT2D eigenvalue weighted by Gasteiger charge is -2.14. The lowest BCUT2D eigenvalue weighted by Crippen LogP contribution is -2.09. The van der Waals surface area contributed by atoms with Gasteiger partial charge in [0.1, 0.15) is 5.75 Å². The molecule has 0 saturated heterocycles. The molecule has 4 heteroatoms. The largest absolute Gasteiger partial charge is 0.478 e. The van der Waals surface area contributed by atoms with Crippen LogP contribution in [0.15, 0.2) is 47.1 Å². The van der Waals surface area contributed by atoms with E-state index in [9.17, 15) is 14.7 Å². The molecule has 1 rings (SSSR count). The van der Waals surface area contributed by atoms with Crippen molar-refractivity contribution in [3.63, 3.8) is 0 Å². The Morgan fingerprint density at radius 3 is 1.89 bits per heavy atom. The van der Waals surface area contributed by atoms with E-state index in [-0.39, 0.29) is 5.56 Å². The summed E-state index contributed by atoms with van der Waals surface area (Å²) >= 11 is 0. The number of esters is 1. The molecule has 0 aliphatic carbocycles. The van der Waals surface area contributed by atoms with E-state index in [2.05, 4.69) is 32.9 Å². The van der Waals surface area contributed by atoms with Gasteiger partial charge in [-0.3, -0.25) is 4.79 Å². The molecule has 28 heavy (non-hydrogen) atoms. The summed E-state index contributed by atoms with van der Waals surface area (Å²) in [6.45, 7) is 11.5. The number of benzene rings is 1. The molecule has 0 aliphatic heterocycles. The minimum absolute atomic E-state index is 0.207. The highest BCUT2D eigenvalue weighted by Gasteiger charge is 2.16. The summed E-state index contributed by atoms with van der Waals surface area (Å²) in [5.41, 5.74) is 5.27. The third kappa shape index (κ3) is 8.38. The molecule has 0 spiro atoms. The van der Waals surface area contributed by atoms with Gasteiger partial charge in [0.05, 0.1) is 5.56 Å². The van der Waals surface area contributed by atoms with E-state index in [4.69, 9.17) is 4.74 Å². The van der Waals surface area contributed by atoms with Gasteiger partial charge in [0, 0.05) is 6.92 Å². The standard InChI is InChI=1S/C24H32O4/c1-16(2)8-7-9-18(5)11-13-21-15-22(24(26)27)14-20(12-10-17(3)4)23(21)28-19(6)25/h8,10-11,14-15H,7,9,12-13H2,1-6H3,(H,26,27)/b18-11+. The van der Waals surface area contributed by atoms with Crippen LogP contribution in [0.2, 0.25) is 0 Å². The van der Waals surface area contributed by atoms with E-state index in [1.807, 2.05) is 19.9 Å². The van der Waals surface area contributed by atoms with E-state index in [1.165, 1.54) is 18.1 Å². The van der Waals surface area contributed by atoms with E-state index >= 15 is 0 Å². The van der Waals surface area contributed by atoms with Gasteiger partial charge >= 0.3 is 11.9 Å². The Morgan fingerprint density at radius 2 is 1.43 bits per heavy atom. The van der Waals surface area contributed by atoms with Crippen molar-refractivity contribution in [3.05, 3.63) is 63.8 Å². The second-order valence-corrected chi connectivity index (χ2v) is 7.58. The van der Waals surface area contributed by atoms with Crippen LogP contribution in [-0.4, -0.2) is 17.0 Å². The molecule has 0 bridgehead atoms. The van der Waals surface area contributed by atoms with Crippen molar-refractivity contribution in [2.75, 3.05) is 0 Å². The van der Waals surface area contributed by atoms with Gasteiger partial charge in [0.25, 0.3) is 0 Å². The summed E-state index contributed by atoms with van der Waals surface area (Å²) in [5, 5.41) is 9.48. The number of carbonyl (C=O) groups excluding carboxylic acids is 1. The summed E-state index contributed by atoms with van der Waals surface area (Å²) in [5.74, 6) is -0.922. The number of allylic oxidation sites excluding steroid dienone is 6. The maximum Gasteiger partial charge on any atom is 0.335 e.